The molecule has 2 aromatic rings. The highest BCUT2D eigenvalue weighted by Gasteiger charge is 2.29. The van der Waals surface area contributed by atoms with E-state index in [0.29, 0.717) is 31.9 Å². The number of aryl methyl sites for hydroxylation is 2. The number of aliphatic carboxylic acids is 1. The van der Waals surface area contributed by atoms with E-state index in [1.54, 1.807) is 10.9 Å². The van der Waals surface area contributed by atoms with Crippen molar-refractivity contribution >= 4 is 11.9 Å². The van der Waals surface area contributed by atoms with Crippen LogP contribution in [0.1, 0.15) is 17.7 Å². The summed E-state index contributed by atoms with van der Waals surface area (Å²) < 4.78 is 6.95. The first kappa shape index (κ1) is 18.1. The first-order valence-electron chi connectivity index (χ1n) is 8.63. The predicted octanol–water partition coefficient (Wildman–Crippen LogP) is 0.970. The molecule has 1 fully saturated rings. The standard InChI is InChI=1S/C18H22N4O4/c23-17(24)12-21(18(25)15-7-9-26-13-15)10-16-11-22(20-19-16)8-6-14-4-2-1-3-5-14/h1-5,11,15H,6-10,12-13H2,(H,23,24). The Bertz CT molecular complexity index is 741. The van der Waals surface area contributed by atoms with Gasteiger partial charge in [0.1, 0.15) is 12.2 Å². The molecule has 1 aliphatic rings. The fourth-order valence-corrected chi connectivity index (χ4v) is 2.97. The summed E-state index contributed by atoms with van der Waals surface area (Å²) in [6, 6.07) is 10.1. The summed E-state index contributed by atoms with van der Waals surface area (Å²) in [5, 5.41) is 17.3. The molecule has 0 saturated carbocycles. The Morgan fingerprint density at radius 1 is 1.31 bits per heavy atom. The first-order chi connectivity index (χ1) is 12.6. The van der Waals surface area contributed by atoms with E-state index >= 15 is 0 Å². The molecule has 138 valence electrons. The monoisotopic (exact) mass is 358 g/mol. The summed E-state index contributed by atoms with van der Waals surface area (Å²) in [7, 11) is 0. The quantitative estimate of drug-likeness (QED) is 0.755. The first-order valence-corrected chi connectivity index (χ1v) is 8.63. The van der Waals surface area contributed by atoms with Crippen molar-refractivity contribution in [2.75, 3.05) is 19.8 Å². The van der Waals surface area contributed by atoms with Crippen molar-refractivity contribution in [2.24, 2.45) is 5.92 Å². The van der Waals surface area contributed by atoms with E-state index in [1.165, 1.54) is 10.5 Å². The third-order valence-electron chi connectivity index (χ3n) is 4.33. The van der Waals surface area contributed by atoms with Gasteiger partial charge < -0.3 is 14.7 Å². The third-order valence-corrected chi connectivity index (χ3v) is 4.33. The van der Waals surface area contributed by atoms with Crippen molar-refractivity contribution < 1.29 is 19.4 Å². The fourth-order valence-electron chi connectivity index (χ4n) is 2.97. The van der Waals surface area contributed by atoms with E-state index in [0.717, 1.165) is 6.42 Å². The Labute approximate surface area is 151 Å². The lowest BCUT2D eigenvalue weighted by molar-refractivity contribution is -0.146. The van der Waals surface area contributed by atoms with Gasteiger partial charge in [-0.05, 0) is 18.4 Å². The van der Waals surface area contributed by atoms with Gasteiger partial charge in [0.25, 0.3) is 0 Å². The second kappa shape index (κ2) is 8.57. The van der Waals surface area contributed by atoms with E-state index in [1.807, 2.05) is 18.2 Å². The number of aromatic nitrogens is 3. The highest BCUT2D eigenvalue weighted by atomic mass is 16.5. The molecule has 0 bridgehead atoms. The Kier molecular flexibility index (Phi) is 5.96. The smallest absolute Gasteiger partial charge is 0.323 e. The number of nitrogens with zero attached hydrogens (tertiary/aromatic N) is 4. The van der Waals surface area contributed by atoms with Crippen LogP contribution in [0.15, 0.2) is 36.5 Å². The van der Waals surface area contributed by atoms with Crippen molar-refractivity contribution in [1.29, 1.82) is 0 Å². The molecule has 0 radical (unpaired) electrons. The van der Waals surface area contributed by atoms with Gasteiger partial charge in [-0.25, -0.2) is 0 Å². The second-order valence-electron chi connectivity index (χ2n) is 6.36. The number of ether oxygens (including phenoxy) is 1. The molecule has 1 N–H and O–H groups in total. The van der Waals surface area contributed by atoms with Crippen LogP contribution in [-0.4, -0.2) is 56.6 Å². The van der Waals surface area contributed by atoms with Gasteiger partial charge in [0.05, 0.1) is 25.3 Å². The Morgan fingerprint density at radius 3 is 2.81 bits per heavy atom. The molecule has 1 aromatic carbocycles. The lowest BCUT2D eigenvalue weighted by Gasteiger charge is -2.22. The van der Waals surface area contributed by atoms with Gasteiger partial charge in [0.15, 0.2) is 0 Å². The summed E-state index contributed by atoms with van der Waals surface area (Å²) >= 11 is 0. The zero-order valence-corrected chi connectivity index (χ0v) is 14.5. The van der Waals surface area contributed by atoms with Crippen LogP contribution in [0, 0.1) is 5.92 Å². The summed E-state index contributed by atoms with van der Waals surface area (Å²) in [5.41, 5.74) is 1.78. The molecule has 26 heavy (non-hydrogen) atoms. The van der Waals surface area contributed by atoms with Crippen LogP contribution in [0.2, 0.25) is 0 Å². The highest BCUT2D eigenvalue weighted by molar-refractivity contribution is 5.83. The molecule has 1 amide bonds. The van der Waals surface area contributed by atoms with Gasteiger partial charge in [-0.2, -0.15) is 0 Å². The van der Waals surface area contributed by atoms with E-state index in [-0.39, 0.29) is 24.9 Å². The third kappa shape index (κ3) is 4.89. The lowest BCUT2D eigenvalue weighted by atomic mass is 10.1. The average Bonchev–Trinajstić information content (AvgIpc) is 3.31. The fraction of sp³-hybridized carbons (Fsp3) is 0.444. The summed E-state index contributed by atoms with van der Waals surface area (Å²) in [4.78, 5) is 25.0. The number of rotatable bonds is 8. The molecular weight excluding hydrogens is 336 g/mol. The van der Waals surface area contributed by atoms with E-state index < -0.39 is 5.97 Å². The summed E-state index contributed by atoms with van der Waals surface area (Å²) in [6.45, 7) is 1.32. The average molecular weight is 358 g/mol. The Morgan fingerprint density at radius 2 is 2.12 bits per heavy atom. The molecule has 0 spiro atoms. The van der Waals surface area contributed by atoms with Gasteiger partial charge in [-0.1, -0.05) is 35.5 Å². The molecular formula is C18H22N4O4. The van der Waals surface area contributed by atoms with Crippen molar-refractivity contribution in [3.63, 3.8) is 0 Å². The van der Waals surface area contributed by atoms with Crippen LogP contribution < -0.4 is 0 Å². The number of benzene rings is 1. The van der Waals surface area contributed by atoms with Crippen LogP contribution in [0.25, 0.3) is 0 Å². The van der Waals surface area contributed by atoms with E-state index in [9.17, 15) is 9.59 Å². The number of hydrogen-bond donors (Lipinski definition) is 1. The SMILES string of the molecule is O=C(O)CN(Cc1cn(CCc2ccccc2)nn1)C(=O)C1CCOC1. The van der Waals surface area contributed by atoms with Gasteiger partial charge in [-0.15, -0.1) is 5.10 Å². The molecule has 1 unspecified atom stereocenters. The molecule has 8 heteroatoms. The molecule has 2 heterocycles. The van der Waals surface area contributed by atoms with E-state index in [2.05, 4.69) is 22.4 Å². The van der Waals surface area contributed by atoms with Gasteiger partial charge in [0.2, 0.25) is 5.91 Å². The van der Waals surface area contributed by atoms with Crippen LogP contribution >= 0.6 is 0 Å². The maximum absolute atomic E-state index is 12.5. The molecule has 3 rings (SSSR count). The molecule has 1 saturated heterocycles. The zero-order chi connectivity index (χ0) is 18.4. The van der Waals surface area contributed by atoms with Crippen LogP contribution in [0.5, 0.6) is 0 Å². The summed E-state index contributed by atoms with van der Waals surface area (Å²) in [5.74, 6) is -1.53. The number of amides is 1. The zero-order valence-electron chi connectivity index (χ0n) is 14.5. The number of carboxylic acids is 1. The number of carbonyl (C=O) groups excluding carboxylic acids is 1. The minimum Gasteiger partial charge on any atom is -0.480 e. The predicted molar refractivity (Wildman–Crippen MR) is 92.1 cm³/mol. The van der Waals surface area contributed by atoms with Gasteiger partial charge in [-0.3, -0.25) is 14.3 Å². The van der Waals surface area contributed by atoms with Crippen molar-refractivity contribution in [2.45, 2.75) is 25.9 Å². The Balaban J connectivity index is 1.60. The lowest BCUT2D eigenvalue weighted by Crippen LogP contribution is -2.39. The summed E-state index contributed by atoms with van der Waals surface area (Å²) in [6.07, 6.45) is 3.20. The highest BCUT2D eigenvalue weighted by Crippen LogP contribution is 2.17. The molecule has 1 atom stereocenters. The maximum atomic E-state index is 12.5. The number of carboxylic acid groups (broad SMARTS) is 1. The second-order valence-corrected chi connectivity index (χ2v) is 6.36. The van der Waals surface area contributed by atoms with E-state index in [4.69, 9.17) is 9.84 Å². The van der Waals surface area contributed by atoms with Crippen LogP contribution in [0.4, 0.5) is 0 Å². The largest absolute Gasteiger partial charge is 0.480 e. The molecule has 0 aliphatic carbocycles. The number of hydrogen-bond acceptors (Lipinski definition) is 5. The van der Waals surface area contributed by atoms with Gasteiger partial charge in [0, 0.05) is 13.2 Å². The van der Waals surface area contributed by atoms with Crippen LogP contribution in [0.3, 0.4) is 0 Å². The molecule has 8 nitrogen and oxygen atoms in total. The minimum atomic E-state index is -1.05. The van der Waals surface area contributed by atoms with Gasteiger partial charge >= 0.3 is 5.97 Å². The normalized spacial score (nSPS) is 16.5. The minimum absolute atomic E-state index is 0.132. The van der Waals surface area contributed by atoms with Crippen molar-refractivity contribution in [3.8, 4) is 0 Å². The van der Waals surface area contributed by atoms with Crippen LogP contribution in [-0.2, 0) is 33.8 Å². The molecule has 1 aliphatic heterocycles. The van der Waals surface area contributed by atoms with Crippen molar-refractivity contribution in [3.05, 3.63) is 47.8 Å². The van der Waals surface area contributed by atoms with Crippen molar-refractivity contribution in [1.82, 2.24) is 19.9 Å². The number of carbonyl (C=O) groups is 2. The Hall–Kier alpha value is -2.74. The topological polar surface area (TPSA) is 97.5 Å². The molecule has 1 aromatic heterocycles. The maximum Gasteiger partial charge on any atom is 0.323 e.